The highest BCUT2D eigenvalue weighted by Gasteiger charge is 2.25. The summed E-state index contributed by atoms with van der Waals surface area (Å²) in [6, 6.07) is 1.60. The first-order chi connectivity index (χ1) is 12.6. The molecule has 142 valence electrons. The number of methoxy groups -OCH3 is 1. The van der Waals surface area contributed by atoms with Gasteiger partial charge in [-0.2, -0.15) is 4.98 Å². The Morgan fingerprint density at radius 2 is 2.08 bits per heavy atom. The first-order valence-corrected chi connectivity index (χ1v) is 9.00. The van der Waals surface area contributed by atoms with Crippen molar-refractivity contribution < 1.29 is 24.2 Å². The quantitative estimate of drug-likeness (QED) is 0.750. The van der Waals surface area contributed by atoms with Gasteiger partial charge in [0.15, 0.2) is 0 Å². The Bertz CT molecular complexity index is 733. The minimum absolute atomic E-state index is 0.0430. The molecule has 0 aromatic carbocycles. The predicted molar refractivity (Wildman–Crippen MR) is 93.5 cm³/mol. The lowest BCUT2D eigenvalue weighted by atomic mass is 9.86. The molecule has 1 aliphatic carbocycles. The van der Waals surface area contributed by atoms with Crippen LogP contribution in [-0.4, -0.2) is 51.8 Å². The number of ether oxygens (including phenoxy) is 2. The number of aromatic nitrogens is 3. The molecule has 0 radical (unpaired) electrons. The lowest BCUT2D eigenvalue weighted by Gasteiger charge is -2.22. The van der Waals surface area contributed by atoms with E-state index in [9.17, 15) is 5.11 Å². The highest BCUT2D eigenvalue weighted by atomic mass is 35.5. The van der Waals surface area contributed by atoms with Crippen molar-refractivity contribution in [1.29, 1.82) is 0 Å². The fourth-order valence-electron chi connectivity index (χ4n) is 3.03. The van der Waals surface area contributed by atoms with Crippen molar-refractivity contribution in [3.63, 3.8) is 0 Å². The highest BCUT2D eigenvalue weighted by molar-refractivity contribution is 6.33. The number of hydrogen-bond donors (Lipinski definition) is 2. The van der Waals surface area contributed by atoms with Crippen LogP contribution in [0.5, 0.6) is 11.9 Å². The zero-order valence-electron chi connectivity index (χ0n) is 14.5. The molecule has 0 aliphatic heterocycles. The molecule has 2 N–H and O–H groups in total. The topological polar surface area (TPSA) is 111 Å². The maximum absolute atomic E-state index is 9.33. The second kappa shape index (κ2) is 8.66. The van der Waals surface area contributed by atoms with Crippen LogP contribution in [0.3, 0.4) is 0 Å². The van der Waals surface area contributed by atoms with Crippen LogP contribution in [0.2, 0.25) is 5.02 Å². The summed E-state index contributed by atoms with van der Waals surface area (Å²) in [6.45, 7) is -0.557. The lowest BCUT2D eigenvalue weighted by Crippen LogP contribution is -2.21. The van der Waals surface area contributed by atoms with Gasteiger partial charge in [0.1, 0.15) is 12.7 Å². The standard InChI is InChI=1S/C17H22ClN3O5/c1-24-13-7-12(14(18)15(19-13)10-5-3-2-4-6-10)16-20-17(21-26-16)25-9-11(23)8-22/h7,10-11,22-23H,2-6,8-9H2,1H3/t11-/m0/s1. The molecule has 2 heterocycles. The van der Waals surface area contributed by atoms with E-state index in [1.54, 1.807) is 13.2 Å². The van der Waals surface area contributed by atoms with Gasteiger partial charge in [0.25, 0.3) is 5.89 Å². The molecule has 0 bridgehead atoms. The number of pyridine rings is 1. The second-order valence-corrected chi connectivity index (χ2v) is 6.65. The normalized spacial score (nSPS) is 16.5. The molecule has 1 fully saturated rings. The van der Waals surface area contributed by atoms with E-state index in [-0.39, 0.29) is 24.4 Å². The number of aliphatic hydroxyl groups excluding tert-OH is 2. The summed E-state index contributed by atoms with van der Waals surface area (Å²) in [5.41, 5.74) is 1.32. The van der Waals surface area contributed by atoms with Crippen LogP contribution < -0.4 is 9.47 Å². The van der Waals surface area contributed by atoms with Gasteiger partial charge in [0, 0.05) is 12.0 Å². The van der Waals surface area contributed by atoms with E-state index in [4.69, 9.17) is 30.7 Å². The maximum Gasteiger partial charge on any atom is 0.354 e. The zero-order valence-corrected chi connectivity index (χ0v) is 15.3. The average Bonchev–Trinajstić information content (AvgIpc) is 3.15. The Hall–Kier alpha value is -1.90. The number of halogens is 1. The van der Waals surface area contributed by atoms with Crippen LogP contribution in [0, 0.1) is 0 Å². The van der Waals surface area contributed by atoms with Gasteiger partial charge in [-0.1, -0.05) is 30.9 Å². The smallest absolute Gasteiger partial charge is 0.354 e. The Morgan fingerprint density at radius 3 is 2.77 bits per heavy atom. The van der Waals surface area contributed by atoms with Crippen molar-refractivity contribution in [2.45, 2.75) is 44.1 Å². The third kappa shape index (κ3) is 4.25. The van der Waals surface area contributed by atoms with Crippen LogP contribution in [-0.2, 0) is 0 Å². The monoisotopic (exact) mass is 383 g/mol. The van der Waals surface area contributed by atoms with Crippen LogP contribution >= 0.6 is 11.6 Å². The van der Waals surface area contributed by atoms with Crippen molar-refractivity contribution in [3.8, 4) is 23.3 Å². The SMILES string of the molecule is COc1cc(-c2nc(OC[C@@H](O)CO)no2)c(Cl)c(C2CCCCC2)n1. The Balaban J connectivity index is 1.88. The van der Waals surface area contributed by atoms with E-state index in [2.05, 4.69) is 15.1 Å². The average molecular weight is 384 g/mol. The molecule has 0 spiro atoms. The van der Waals surface area contributed by atoms with Gasteiger partial charge in [-0.05, 0) is 18.0 Å². The molecule has 0 amide bonds. The summed E-state index contributed by atoms with van der Waals surface area (Å²) in [5.74, 6) is 0.894. The first kappa shape index (κ1) is 18.9. The maximum atomic E-state index is 9.33. The first-order valence-electron chi connectivity index (χ1n) is 8.62. The molecule has 3 rings (SSSR count). The molecule has 1 saturated carbocycles. The number of hydrogen-bond acceptors (Lipinski definition) is 8. The summed E-state index contributed by atoms with van der Waals surface area (Å²) in [6.07, 6.45) is 4.60. The van der Waals surface area contributed by atoms with E-state index < -0.39 is 12.7 Å². The van der Waals surface area contributed by atoms with Crippen LogP contribution in [0.4, 0.5) is 0 Å². The van der Waals surface area contributed by atoms with E-state index >= 15 is 0 Å². The van der Waals surface area contributed by atoms with Crippen LogP contribution in [0.25, 0.3) is 11.5 Å². The van der Waals surface area contributed by atoms with Gasteiger partial charge in [-0.25, -0.2) is 4.98 Å². The van der Waals surface area contributed by atoms with E-state index in [1.807, 2.05) is 0 Å². The fraction of sp³-hybridized carbons (Fsp3) is 0.588. The van der Waals surface area contributed by atoms with Crippen molar-refractivity contribution >= 4 is 11.6 Å². The van der Waals surface area contributed by atoms with Gasteiger partial charge in [-0.3, -0.25) is 0 Å². The molecule has 2 aromatic rings. The molecule has 2 aromatic heterocycles. The van der Waals surface area contributed by atoms with E-state index in [1.165, 1.54) is 6.42 Å². The fourth-order valence-corrected chi connectivity index (χ4v) is 3.36. The molecule has 1 atom stereocenters. The molecule has 1 aliphatic rings. The minimum atomic E-state index is -1.01. The summed E-state index contributed by atoms with van der Waals surface area (Å²) in [4.78, 5) is 8.69. The summed E-state index contributed by atoms with van der Waals surface area (Å²) in [7, 11) is 1.54. The third-order valence-corrected chi connectivity index (χ3v) is 4.81. The number of aliphatic hydroxyl groups is 2. The van der Waals surface area contributed by atoms with Gasteiger partial charge >= 0.3 is 6.01 Å². The minimum Gasteiger partial charge on any atom is -0.481 e. The molecule has 0 saturated heterocycles. The zero-order chi connectivity index (χ0) is 18.5. The van der Waals surface area contributed by atoms with E-state index in [0.717, 1.165) is 31.4 Å². The molecule has 26 heavy (non-hydrogen) atoms. The van der Waals surface area contributed by atoms with Crippen molar-refractivity contribution in [2.24, 2.45) is 0 Å². The predicted octanol–water partition coefficient (Wildman–Crippen LogP) is 2.57. The van der Waals surface area contributed by atoms with Gasteiger partial charge in [0.2, 0.25) is 5.88 Å². The third-order valence-electron chi connectivity index (χ3n) is 4.41. The molecular weight excluding hydrogens is 362 g/mol. The molecular formula is C17H22ClN3O5. The molecule has 8 nitrogen and oxygen atoms in total. The van der Waals surface area contributed by atoms with Crippen molar-refractivity contribution in [1.82, 2.24) is 15.1 Å². The largest absolute Gasteiger partial charge is 0.481 e. The van der Waals surface area contributed by atoms with Crippen molar-refractivity contribution in [2.75, 3.05) is 20.3 Å². The van der Waals surface area contributed by atoms with Gasteiger partial charge < -0.3 is 24.2 Å². The Kier molecular flexibility index (Phi) is 6.29. The van der Waals surface area contributed by atoms with E-state index in [0.29, 0.717) is 16.5 Å². The number of nitrogens with zero attached hydrogens (tertiary/aromatic N) is 3. The summed E-state index contributed by atoms with van der Waals surface area (Å²) in [5, 5.41) is 22.3. The van der Waals surface area contributed by atoms with Crippen LogP contribution in [0.1, 0.15) is 43.7 Å². The summed E-state index contributed by atoms with van der Waals surface area (Å²) < 4.78 is 15.7. The Morgan fingerprint density at radius 1 is 1.31 bits per heavy atom. The highest BCUT2D eigenvalue weighted by Crippen LogP contribution is 2.40. The molecule has 9 heteroatoms. The van der Waals surface area contributed by atoms with Crippen LogP contribution in [0.15, 0.2) is 10.6 Å². The molecule has 0 unspecified atom stereocenters. The summed E-state index contributed by atoms with van der Waals surface area (Å²) >= 11 is 6.61. The van der Waals surface area contributed by atoms with Crippen molar-refractivity contribution in [3.05, 3.63) is 16.8 Å². The van der Waals surface area contributed by atoms with Gasteiger partial charge in [-0.15, -0.1) is 0 Å². The second-order valence-electron chi connectivity index (χ2n) is 6.28. The number of rotatable bonds is 7. The lowest BCUT2D eigenvalue weighted by molar-refractivity contribution is 0.0496. The van der Waals surface area contributed by atoms with Gasteiger partial charge in [0.05, 0.1) is 30.0 Å². The Labute approximate surface area is 156 Å².